The maximum Gasteiger partial charge on any atom is 0.322 e. The molecule has 0 saturated carbocycles. The Kier molecular flexibility index (Phi) is 4.06. The Bertz CT molecular complexity index is 359. The second kappa shape index (κ2) is 5.54. The van der Waals surface area contributed by atoms with E-state index in [1.807, 2.05) is 11.8 Å². The molecule has 0 bridgehead atoms. The fourth-order valence-electron chi connectivity index (χ4n) is 1.52. The van der Waals surface area contributed by atoms with Gasteiger partial charge in [0.15, 0.2) is 0 Å². The molecule has 0 radical (unpaired) electrons. The third kappa shape index (κ3) is 3.12. The van der Waals surface area contributed by atoms with E-state index in [1.165, 1.54) is 19.3 Å². The van der Waals surface area contributed by atoms with Gasteiger partial charge in [0, 0.05) is 11.8 Å². The molecule has 1 aliphatic rings. The smallest absolute Gasteiger partial charge is 0.322 e. The number of rotatable bonds is 3. The highest BCUT2D eigenvalue weighted by molar-refractivity contribution is 7.99. The first-order chi connectivity index (χ1) is 7.78. The van der Waals surface area contributed by atoms with Gasteiger partial charge in [-0.15, -0.1) is 0 Å². The SMILES string of the molecule is COc1nc(Cl)nc(NC2CCCSC2)n1. The zero-order valence-corrected chi connectivity index (χ0v) is 10.5. The molecule has 2 rings (SSSR count). The van der Waals surface area contributed by atoms with E-state index in [9.17, 15) is 0 Å². The lowest BCUT2D eigenvalue weighted by Gasteiger charge is -2.22. The van der Waals surface area contributed by atoms with Gasteiger partial charge in [0.05, 0.1) is 7.11 Å². The van der Waals surface area contributed by atoms with E-state index in [-0.39, 0.29) is 11.3 Å². The quantitative estimate of drug-likeness (QED) is 0.895. The molecule has 7 heteroatoms. The van der Waals surface area contributed by atoms with Crippen molar-refractivity contribution in [2.75, 3.05) is 23.9 Å². The van der Waals surface area contributed by atoms with Gasteiger partial charge in [0.1, 0.15) is 0 Å². The number of ether oxygens (including phenoxy) is 1. The van der Waals surface area contributed by atoms with Gasteiger partial charge in [-0.3, -0.25) is 0 Å². The van der Waals surface area contributed by atoms with Crippen molar-refractivity contribution in [1.29, 1.82) is 0 Å². The van der Waals surface area contributed by atoms with E-state index < -0.39 is 0 Å². The molecule has 0 aliphatic carbocycles. The Morgan fingerprint density at radius 1 is 1.44 bits per heavy atom. The Hall–Kier alpha value is -0.750. The lowest BCUT2D eigenvalue weighted by molar-refractivity contribution is 0.378. The van der Waals surface area contributed by atoms with Crippen LogP contribution in [0.1, 0.15) is 12.8 Å². The van der Waals surface area contributed by atoms with Crippen LogP contribution in [-0.4, -0.2) is 39.6 Å². The van der Waals surface area contributed by atoms with E-state index in [2.05, 4.69) is 20.3 Å². The summed E-state index contributed by atoms with van der Waals surface area (Å²) in [5, 5.41) is 3.40. The Morgan fingerprint density at radius 2 is 2.31 bits per heavy atom. The van der Waals surface area contributed by atoms with E-state index in [0.29, 0.717) is 12.0 Å². The number of anilines is 1. The van der Waals surface area contributed by atoms with Crippen molar-refractivity contribution in [2.45, 2.75) is 18.9 Å². The van der Waals surface area contributed by atoms with Crippen LogP contribution in [0.3, 0.4) is 0 Å². The molecule has 0 aromatic carbocycles. The molecule has 1 fully saturated rings. The molecule has 16 heavy (non-hydrogen) atoms. The predicted molar refractivity (Wildman–Crippen MR) is 65.4 cm³/mol. The maximum absolute atomic E-state index is 5.76. The second-order valence-corrected chi connectivity index (χ2v) is 4.96. The summed E-state index contributed by atoms with van der Waals surface area (Å²) in [5.41, 5.74) is 0. The molecule has 1 aliphatic heterocycles. The Balaban J connectivity index is 2.04. The molecule has 1 unspecified atom stereocenters. The topological polar surface area (TPSA) is 59.9 Å². The zero-order chi connectivity index (χ0) is 11.4. The van der Waals surface area contributed by atoms with Gasteiger partial charge in [-0.05, 0) is 30.2 Å². The molecule has 88 valence electrons. The van der Waals surface area contributed by atoms with Crippen LogP contribution in [0.2, 0.25) is 5.28 Å². The monoisotopic (exact) mass is 260 g/mol. The number of aromatic nitrogens is 3. The van der Waals surface area contributed by atoms with E-state index in [0.717, 1.165) is 12.2 Å². The fraction of sp³-hybridized carbons (Fsp3) is 0.667. The minimum Gasteiger partial charge on any atom is -0.467 e. The second-order valence-electron chi connectivity index (χ2n) is 3.47. The van der Waals surface area contributed by atoms with Gasteiger partial charge in [-0.25, -0.2) is 0 Å². The first-order valence-electron chi connectivity index (χ1n) is 5.08. The fourth-order valence-corrected chi connectivity index (χ4v) is 2.75. The van der Waals surface area contributed by atoms with Crippen LogP contribution in [0.5, 0.6) is 6.01 Å². The summed E-state index contributed by atoms with van der Waals surface area (Å²) in [7, 11) is 1.51. The maximum atomic E-state index is 5.76. The predicted octanol–water partition coefficient (Wildman–Crippen LogP) is 1.84. The molecular formula is C9H13ClN4OS. The van der Waals surface area contributed by atoms with Gasteiger partial charge in [-0.2, -0.15) is 26.7 Å². The van der Waals surface area contributed by atoms with Crippen molar-refractivity contribution in [1.82, 2.24) is 15.0 Å². The van der Waals surface area contributed by atoms with Crippen molar-refractivity contribution in [2.24, 2.45) is 0 Å². The molecule has 0 spiro atoms. The van der Waals surface area contributed by atoms with Crippen molar-refractivity contribution < 1.29 is 4.74 Å². The number of halogens is 1. The highest BCUT2D eigenvalue weighted by Crippen LogP contribution is 2.20. The van der Waals surface area contributed by atoms with Crippen LogP contribution >= 0.6 is 23.4 Å². The number of hydrogen-bond acceptors (Lipinski definition) is 6. The van der Waals surface area contributed by atoms with Crippen LogP contribution in [-0.2, 0) is 0 Å². The summed E-state index contributed by atoms with van der Waals surface area (Å²) in [4.78, 5) is 11.9. The van der Waals surface area contributed by atoms with Gasteiger partial charge in [0.2, 0.25) is 11.2 Å². The van der Waals surface area contributed by atoms with E-state index in [1.54, 1.807) is 0 Å². The first kappa shape index (κ1) is 11.7. The molecule has 1 N–H and O–H groups in total. The summed E-state index contributed by atoms with van der Waals surface area (Å²) in [6.07, 6.45) is 2.36. The summed E-state index contributed by atoms with van der Waals surface area (Å²) in [6.45, 7) is 0. The van der Waals surface area contributed by atoms with Crippen LogP contribution in [0.4, 0.5) is 5.95 Å². The van der Waals surface area contributed by atoms with E-state index >= 15 is 0 Å². The highest BCUT2D eigenvalue weighted by Gasteiger charge is 2.15. The van der Waals surface area contributed by atoms with Crippen molar-refractivity contribution in [3.8, 4) is 6.01 Å². The zero-order valence-electron chi connectivity index (χ0n) is 8.94. The third-order valence-electron chi connectivity index (χ3n) is 2.26. The standard InChI is InChI=1S/C9H13ClN4OS/c1-15-9-13-7(10)12-8(14-9)11-6-3-2-4-16-5-6/h6H,2-5H2,1H3,(H,11,12,13,14). The summed E-state index contributed by atoms with van der Waals surface area (Å²) in [5.74, 6) is 2.80. The van der Waals surface area contributed by atoms with Gasteiger partial charge < -0.3 is 10.1 Å². The summed E-state index contributed by atoms with van der Waals surface area (Å²) in [6, 6.07) is 0.646. The first-order valence-corrected chi connectivity index (χ1v) is 6.61. The molecule has 5 nitrogen and oxygen atoms in total. The van der Waals surface area contributed by atoms with Crippen LogP contribution < -0.4 is 10.1 Å². The molecule has 0 amide bonds. The number of methoxy groups -OCH3 is 1. The molecule has 1 saturated heterocycles. The lowest BCUT2D eigenvalue weighted by atomic mass is 10.2. The van der Waals surface area contributed by atoms with Crippen LogP contribution in [0.15, 0.2) is 0 Å². The minimum absolute atomic E-state index is 0.151. The highest BCUT2D eigenvalue weighted by atomic mass is 35.5. The number of nitrogens with zero attached hydrogens (tertiary/aromatic N) is 3. The van der Waals surface area contributed by atoms with Gasteiger partial charge in [0.25, 0.3) is 0 Å². The lowest BCUT2D eigenvalue weighted by Crippen LogP contribution is -2.26. The number of thioether (sulfide) groups is 1. The molecular weight excluding hydrogens is 248 g/mol. The summed E-state index contributed by atoms with van der Waals surface area (Å²) >= 11 is 7.70. The molecule has 1 aromatic heterocycles. The average molecular weight is 261 g/mol. The molecule has 2 heterocycles. The van der Waals surface area contributed by atoms with Gasteiger partial charge >= 0.3 is 6.01 Å². The van der Waals surface area contributed by atoms with Crippen LogP contribution in [0.25, 0.3) is 0 Å². The van der Waals surface area contributed by atoms with Gasteiger partial charge in [-0.1, -0.05) is 0 Å². The normalized spacial score (nSPS) is 20.5. The average Bonchev–Trinajstić information content (AvgIpc) is 2.29. The minimum atomic E-state index is 0.151. The third-order valence-corrected chi connectivity index (χ3v) is 3.65. The van der Waals surface area contributed by atoms with Crippen molar-refractivity contribution in [3.63, 3.8) is 0 Å². The van der Waals surface area contributed by atoms with Crippen molar-refractivity contribution in [3.05, 3.63) is 5.28 Å². The largest absolute Gasteiger partial charge is 0.467 e. The van der Waals surface area contributed by atoms with Crippen LogP contribution in [0, 0.1) is 0 Å². The Labute approximate surface area is 103 Å². The van der Waals surface area contributed by atoms with Crippen molar-refractivity contribution >= 4 is 29.3 Å². The molecule has 1 atom stereocenters. The Morgan fingerprint density at radius 3 is 3.00 bits per heavy atom. The molecule has 1 aromatic rings. The summed E-state index contributed by atoms with van der Waals surface area (Å²) < 4.78 is 4.93. The van der Waals surface area contributed by atoms with E-state index in [4.69, 9.17) is 16.3 Å². The number of nitrogens with one attached hydrogen (secondary N) is 1. The number of hydrogen-bond donors (Lipinski definition) is 1.